The van der Waals surface area contributed by atoms with Gasteiger partial charge in [-0.3, -0.25) is 14.9 Å². The molecule has 142 valence electrons. The second-order valence-corrected chi connectivity index (χ2v) is 6.58. The predicted octanol–water partition coefficient (Wildman–Crippen LogP) is 3.50. The first-order valence-corrected chi connectivity index (χ1v) is 9.02. The minimum atomic E-state index is -0.490. The Bertz CT molecular complexity index is 861. The molecule has 6 nitrogen and oxygen atoms in total. The van der Waals surface area contributed by atoms with Crippen LogP contribution in [0.25, 0.3) is 0 Å². The average Bonchev–Trinajstić information content (AvgIpc) is 2.62. The van der Waals surface area contributed by atoms with E-state index in [2.05, 4.69) is 16.0 Å². The van der Waals surface area contributed by atoms with Crippen molar-refractivity contribution >= 4 is 58.0 Å². The van der Waals surface area contributed by atoms with Crippen LogP contribution in [0, 0.1) is 0 Å². The van der Waals surface area contributed by atoms with E-state index in [9.17, 15) is 9.59 Å². The Morgan fingerprint density at radius 3 is 2.52 bits per heavy atom. The van der Waals surface area contributed by atoms with Crippen LogP contribution in [0.1, 0.15) is 20.7 Å². The molecule has 0 spiro atoms. The number of hydrogen-bond donors (Lipinski definition) is 3. The molecule has 0 fully saturated rings. The summed E-state index contributed by atoms with van der Waals surface area (Å²) in [6.45, 7) is 0.775. The Kier molecular flexibility index (Phi) is 7.99. The van der Waals surface area contributed by atoms with E-state index >= 15 is 0 Å². The Balaban J connectivity index is 2.05. The molecular weight excluding hydrogens is 409 g/mol. The van der Waals surface area contributed by atoms with E-state index in [4.69, 9.17) is 40.2 Å². The van der Waals surface area contributed by atoms with Gasteiger partial charge in [-0.1, -0.05) is 35.3 Å². The molecule has 2 rings (SSSR count). The molecule has 2 aromatic carbocycles. The molecule has 0 aromatic heterocycles. The average molecular weight is 426 g/mol. The summed E-state index contributed by atoms with van der Waals surface area (Å²) in [6.07, 6.45) is 0. The Morgan fingerprint density at radius 1 is 1.07 bits per heavy atom. The van der Waals surface area contributed by atoms with Gasteiger partial charge in [-0.05, 0) is 42.5 Å². The van der Waals surface area contributed by atoms with E-state index in [1.54, 1.807) is 37.4 Å². The minimum absolute atomic E-state index is 0.0307. The van der Waals surface area contributed by atoms with Gasteiger partial charge >= 0.3 is 0 Å². The molecule has 0 aliphatic heterocycles. The maximum absolute atomic E-state index is 12.3. The summed E-state index contributed by atoms with van der Waals surface area (Å²) in [7, 11) is 1.55. The maximum atomic E-state index is 12.3. The quantitative estimate of drug-likeness (QED) is 0.487. The number of amides is 2. The zero-order chi connectivity index (χ0) is 19.8. The molecule has 0 saturated carbocycles. The first-order valence-electron chi connectivity index (χ1n) is 7.86. The van der Waals surface area contributed by atoms with Gasteiger partial charge in [0, 0.05) is 18.7 Å². The van der Waals surface area contributed by atoms with Gasteiger partial charge in [-0.2, -0.15) is 0 Å². The van der Waals surface area contributed by atoms with Gasteiger partial charge in [0.1, 0.15) is 0 Å². The largest absolute Gasteiger partial charge is 0.383 e. The smallest absolute Gasteiger partial charge is 0.258 e. The lowest BCUT2D eigenvalue weighted by molar-refractivity contribution is 0.0937. The highest BCUT2D eigenvalue weighted by molar-refractivity contribution is 7.80. The SMILES string of the molecule is COCCNC(=O)c1ccccc1NC(=S)NC(=O)c1ccc(Cl)cc1Cl. The van der Waals surface area contributed by atoms with E-state index in [1.165, 1.54) is 12.1 Å². The Morgan fingerprint density at radius 2 is 1.81 bits per heavy atom. The highest BCUT2D eigenvalue weighted by Gasteiger charge is 2.15. The molecule has 0 heterocycles. The third-order valence-corrected chi connectivity index (χ3v) is 4.17. The van der Waals surface area contributed by atoms with Crippen LogP contribution < -0.4 is 16.0 Å². The maximum Gasteiger partial charge on any atom is 0.258 e. The number of hydrogen-bond acceptors (Lipinski definition) is 4. The van der Waals surface area contributed by atoms with Gasteiger partial charge in [0.25, 0.3) is 11.8 Å². The molecule has 3 N–H and O–H groups in total. The molecule has 2 amide bonds. The molecule has 0 atom stereocenters. The summed E-state index contributed by atoms with van der Waals surface area (Å²) >= 11 is 17.0. The van der Waals surface area contributed by atoms with Crippen molar-refractivity contribution in [2.24, 2.45) is 0 Å². The normalized spacial score (nSPS) is 10.2. The fourth-order valence-corrected chi connectivity index (χ4v) is 2.85. The second kappa shape index (κ2) is 10.2. The van der Waals surface area contributed by atoms with Gasteiger partial charge in [0.05, 0.1) is 28.4 Å². The highest BCUT2D eigenvalue weighted by atomic mass is 35.5. The van der Waals surface area contributed by atoms with Crippen molar-refractivity contribution in [3.8, 4) is 0 Å². The lowest BCUT2D eigenvalue weighted by Crippen LogP contribution is -2.35. The number of anilines is 1. The summed E-state index contributed by atoms with van der Waals surface area (Å²) < 4.78 is 4.91. The van der Waals surface area contributed by atoms with Gasteiger partial charge in [-0.25, -0.2) is 0 Å². The van der Waals surface area contributed by atoms with Crippen LogP contribution in [0.4, 0.5) is 5.69 Å². The minimum Gasteiger partial charge on any atom is -0.383 e. The van der Waals surface area contributed by atoms with Crippen LogP contribution in [0.2, 0.25) is 10.0 Å². The second-order valence-electron chi connectivity index (χ2n) is 5.33. The third-order valence-electron chi connectivity index (χ3n) is 3.41. The van der Waals surface area contributed by atoms with Crippen LogP contribution in [0.5, 0.6) is 0 Å². The molecule has 0 unspecified atom stereocenters. The molecular formula is C18H17Cl2N3O3S. The zero-order valence-corrected chi connectivity index (χ0v) is 16.7. The van der Waals surface area contributed by atoms with E-state index in [0.29, 0.717) is 29.4 Å². The van der Waals surface area contributed by atoms with Crippen molar-refractivity contribution in [2.75, 3.05) is 25.6 Å². The fraction of sp³-hybridized carbons (Fsp3) is 0.167. The van der Waals surface area contributed by atoms with Crippen molar-refractivity contribution in [1.29, 1.82) is 0 Å². The topological polar surface area (TPSA) is 79.5 Å². The summed E-state index contributed by atoms with van der Waals surface area (Å²) in [5, 5.41) is 8.77. The number of rotatable bonds is 6. The molecule has 27 heavy (non-hydrogen) atoms. The standard InChI is InChI=1S/C18H17Cl2N3O3S/c1-26-9-8-21-16(24)13-4-2-3-5-15(13)22-18(27)23-17(25)12-7-6-11(19)10-14(12)20/h2-7,10H,8-9H2,1H3,(H,21,24)(H2,22,23,25,27). The van der Waals surface area contributed by atoms with Crippen LogP contribution in [0.3, 0.4) is 0 Å². The van der Waals surface area contributed by atoms with Crippen LogP contribution in [-0.2, 0) is 4.74 Å². The number of methoxy groups -OCH3 is 1. The predicted molar refractivity (Wildman–Crippen MR) is 111 cm³/mol. The number of carbonyl (C=O) groups is 2. The molecule has 9 heteroatoms. The number of para-hydroxylation sites is 1. The third kappa shape index (κ3) is 6.18. The van der Waals surface area contributed by atoms with E-state index in [1.807, 2.05) is 0 Å². The number of carbonyl (C=O) groups excluding carboxylic acids is 2. The zero-order valence-electron chi connectivity index (χ0n) is 14.3. The van der Waals surface area contributed by atoms with Crippen molar-refractivity contribution in [3.63, 3.8) is 0 Å². The molecule has 2 aromatic rings. The number of ether oxygens (including phenoxy) is 1. The van der Waals surface area contributed by atoms with E-state index in [-0.39, 0.29) is 21.6 Å². The van der Waals surface area contributed by atoms with Crippen molar-refractivity contribution in [1.82, 2.24) is 10.6 Å². The summed E-state index contributed by atoms with van der Waals surface area (Å²) in [6, 6.07) is 11.3. The van der Waals surface area contributed by atoms with Crippen molar-refractivity contribution in [2.45, 2.75) is 0 Å². The van der Waals surface area contributed by atoms with Gasteiger partial charge in [0.2, 0.25) is 0 Å². The molecule has 0 saturated heterocycles. The lowest BCUT2D eigenvalue weighted by atomic mass is 10.1. The van der Waals surface area contributed by atoms with Gasteiger partial charge < -0.3 is 15.4 Å². The summed E-state index contributed by atoms with van der Waals surface area (Å²) in [5.74, 6) is -0.777. The first-order chi connectivity index (χ1) is 12.9. The van der Waals surface area contributed by atoms with Crippen molar-refractivity contribution in [3.05, 3.63) is 63.6 Å². The van der Waals surface area contributed by atoms with Crippen molar-refractivity contribution < 1.29 is 14.3 Å². The van der Waals surface area contributed by atoms with E-state index in [0.717, 1.165) is 0 Å². The molecule has 0 aliphatic rings. The van der Waals surface area contributed by atoms with Crippen LogP contribution in [0.15, 0.2) is 42.5 Å². The molecule has 0 bridgehead atoms. The van der Waals surface area contributed by atoms with Gasteiger partial charge in [-0.15, -0.1) is 0 Å². The summed E-state index contributed by atoms with van der Waals surface area (Å²) in [4.78, 5) is 24.6. The number of thiocarbonyl (C=S) groups is 1. The first kappa shape index (κ1) is 21.1. The number of nitrogens with one attached hydrogen (secondary N) is 3. The molecule has 0 radical (unpaired) electrons. The number of benzene rings is 2. The Labute approximate surface area is 172 Å². The summed E-state index contributed by atoms with van der Waals surface area (Å²) in [5.41, 5.74) is 1.07. The molecule has 0 aliphatic carbocycles. The van der Waals surface area contributed by atoms with Gasteiger partial charge in [0.15, 0.2) is 5.11 Å². The number of halogens is 2. The Hall–Kier alpha value is -2.19. The van der Waals surface area contributed by atoms with E-state index < -0.39 is 5.91 Å². The fourth-order valence-electron chi connectivity index (χ4n) is 2.15. The van der Waals surface area contributed by atoms with Crippen LogP contribution >= 0.6 is 35.4 Å². The van der Waals surface area contributed by atoms with Crippen LogP contribution in [-0.4, -0.2) is 37.2 Å². The monoisotopic (exact) mass is 425 g/mol. The highest BCUT2D eigenvalue weighted by Crippen LogP contribution is 2.21. The lowest BCUT2D eigenvalue weighted by Gasteiger charge is -2.14.